The molecule has 0 saturated carbocycles. The van der Waals surface area contributed by atoms with Gasteiger partial charge in [-0.2, -0.15) is 0 Å². The number of benzene rings is 1. The average molecular weight is 311 g/mol. The van der Waals surface area contributed by atoms with Gasteiger partial charge >= 0.3 is 0 Å². The van der Waals surface area contributed by atoms with E-state index >= 15 is 0 Å². The zero-order valence-corrected chi connectivity index (χ0v) is 13.6. The molecule has 22 heavy (non-hydrogen) atoms. The lowest BCUT2D eigenvalue weighted by molar-refractivity contribution is -0.138. The summed E-state index contributed by atoms with van der Waals surface area (Å²) in [5, 5.41) is 13.6. The molecule has 1 saturated heterocycles. The Kier molecular flexibility index (Phi) is 6.97. The van der Waals surface area contributed by atoms with Crippen molar-refractivity contribution >= 4 is 6.47 Å². The van der Waals surface area contributed by atoms with E-state index in [1.807, 2.05) is 20.8 Å². The molecule has 0 spiro atoms. The summed E-state index contributed by atoms with van der Waals surface area (Å²) in [6.45, 7) is 7.42. The zero-order valence-electron chi connectivity index (χ0n) is 13.6. The van der Waals surface area contributed by atoms with Crippen LogP contribution in [0.4, 0.5) is 4.39 Å². The SMILES string of the molecule is CC(C)(C)OC=O.OC1(c2ccc(F)cc2)CCCCNC1. The molecule has 4 nitrogen and oxygen atoms in total. The number of halogens is 1. The molecular weight excluding hydrogens is 285 g/mol. The summed E-state index contributed by atoms with van der Waals surface area (Å²) in [6.07, 6.45) is 2.83. The molecule has 1 atom stereocenters. The quantitative estimate of drug-likeness (QED) is 0.825. The minimum Gasteiger partial charge on any atom is -0.462 e. The van der Waals surface area contributed by atoms with Crippen LogP contribution in [-0.2, 0) is 15.1 Å². The molecule has 1 heterocycles. The second kappa shape index (κ2) is 8.25. The second-order valence-electron chi connectivity index (χ2n) is 6.50. The van der Waals surface area contributed by atoms with Gasteiger partial charge < -0.3 is 15.2 Å². The Morgan fingerprint density at radius 1 is 1.27 bits per heavy atom. The predicted octanol–water partition coefficient (Wildman–Crippen LogP) is 2.74. The second-order valence-corrected chi connectivity index (χ2v) is 6.50. The Balaban J connectivity index is 0.000000295. The smallest absolute Gasteiger partial charge is 0.293 e. The van der Waals surface area contributed by atoms with Crippen LogP contribution in [0.1, 0.15) is 45.6 Å². The van der Waals surface area contributed by atoms with Crippen LogP contribution in [0.2, 0.25) is 0 Å². The van der Waals surface area contributed by atoms with Gasteiger partial charge in [0.1, 0.15) is 17.0 Å². The molecule has 1 unspecified atom stereocenters. The lowest BCUT2D eigenvalue weighted by atomic mass is 9.89. The summed E-state index contributed by atoms with van der Waals surface area (Å²) in [7, 11) is 0. The number of nitrogens with one attached hydrogen (secondary N) is 1. The molecule has 5 heteroatoms. The number of ether oxygens (including phenoxy) is 1. The fourth-order valence-corrected chi connectivity index (χ4v) is 2.20. The first-order chi connectivity index (χ1) is 10.3. The highest BCUT2D eigenvalue weighted by molar-refractivity contribution is 5.37. The minimum absolute atomic E-state index is 0.260. The van der Waals surface area contributed by atoms with Crippen molar-refractivity contribution in [2.45, 2.75) is 51.2 Å². The minimum atomic E-state index is -0.829. The van der Waals surface area contributed by atoms with Gasteiger partial charge in [-0.25, -0.2) is 4.39 Å². The average Bonchev–Trinajstić information content (AvgIpc) is 2.64. The number of β-amino-alcohol motifs (C(OH)–C–C–N with tert-alkyl or cyclic N) is 1. The Morgan fingerprint density at radius 3 is 2.41 bits per heavy atom. The maximum atomic E-state index is 12.8. The predicted molar refractivity (Wildman–Crippen MR) is 83.9 cm³/mol. The van der Waals surface area contributed by atoms with E-state index in [1.54, 1.807) is 12.1 Å². The fraction of sp³-hybridized carbons (Fsp3) is 0.588. The van der Waals surface area contributed by atoms with E-state index in [2.05, 4.69) is 10.1 Å². The van der Waals surface area contributed by atoms with Crippen molar-refractivity contribution in [2.24, 2.45) is 0 Å². The van der Waals surface area contributed by atoms with Crippen molar-refractivity contribution in [1.29, 1.82) is 0 Å². The van der Waals surface area contributed by atoms with Gasteiger partial charge in [-0.15, -0.1) is 0 Å². The van der Waals surface area contributed by atoms with E-state index in [9.17, 15) is 14.3 Å². The van der Waals surface area contributed by atoms with Crippen molar-refractivity contribution in [2.75, 3.05) is 13.1 Å². The van der Waals surface area contributed by atoms with Gasteiger partial charge in [-0.05, 0) is 64.3 Å². The largest absolute Gasteiger partial charge is 0.462 e. The molecule has 0 radical (unpaired) electrons. The number of carbonyl (C=O) groups excluding carboxylic acids is 1. The molecule has 0 aromatic heterocycles. The van der Waals surface area contributed by atoms with Gasteiger partial charge in [0.15, 0.2) is 0 Å². The van der Waals surface area contributed by atoms with Crippen LogP contribution in [0.15, 0.2) is 24.3 Å². The third-order valence-corrected chi connectivity index (χ3v) is 3.39. The molecule has 124 valence electrons. The number of carbonyl (C=O) groups is 1. The molecule has 1 aromatic rings. The van der Waals surface area contributed by atoms with E-state index in [0.717, 1.165) is 31.4 Å². The zero-order chi connectivity index (χ0) is 16.6. The van der Waals surface area contributed by atoms with Gasteiger partial charge in [0.05, 0.1) is 0 Å². The van der Waals surface area contributed by atoms with E-state index in [0.29, 0.717) is 13.0 Å². The highest BCUT2D eigenvalue weighted by atomic mass is 19.1. The van der Waals surface area contributed by atoms with E-state index < -0.39 is 5.60 Å². The normalized spacial score (nSPS) is 22.0. The number of rotatable bonds is 2. The van der Waals surface area contributed by atoms with E-state index in [4.69, 9.17) is 0 Å². The van der Waals surface area contributed by atoms with Gasteiger partial charge in [-0.1, -0.05) is 12.1 Å². The molecular formula is C17H26FNO3. The summed E-state index contributed by atoms with van der Waals surface area (Å²) in [5.41, 5.74) is -0.343. The molecule has 2 rings (SSSR count). The van der Waals surface area contributed by atoms with Crippen LogP contribution in [-0.4, -0.2) is 30.3 Å². The van der Waals surface area contributed by atoms with Crippen molar-refractivity contribution in [3.05, 3.63) is 35.6 Å². The van der Waals surface area contributed by atoms with Crippen LogP contribution < -0.4 is 5.32 Å². The van der Waals surface area contributed by atoms with Gasteiger partial charge in [-0.3, -0.25) is 4.79 Å². The lowest BCUT2D eigenvalue weighted by Crippen LogP contribution is -2.36. The van der Waals surface area contributed by atoms with Gasteiger partial charge in [0.25, 0.3) is 6.47 Å². The van der Waals surface area contributed by atoms with E-state index in [-0.39, 0.29) is 11.4 Å². The summed E-state index contributed by atoms with van der Waals surface area (Å²) in [6, 6.07) is 6.14. The molecule has 0 bridgehead atoms. The number of aliphatic hydroxyl groups is 1. The molecule has 2 N–H and O–H groups in total. The Labute approximate surface area is 131 Å². The van der Waals surface area contributed by atoms with Crippen LogP contribution in [0.3, 0.4) is 0 Å². The molecule has 1 aliphatic heterocycles. The fourth-order valence-electron chi connectivity index (χ4n) is 2.20. The van der Waals surface area contributed by atoms with E-state index in [1.165, 1.54) is 12.1 Å². The Hall–Kier alpha value is -1.46. The topological polar surface area (TPSA) is 58.6 Å². The van der Waals surface area contributed by atoms with Gasteiger partial charge in [0.2, 0.25) is 0 Å². The first kappa shape index (κ1) is 18.6. The Morgan fingerprint density at radius 2 is 1.91 bits per heavy atom. The van der Waals surface area contributed by atoms with Gasteiger partial charge in [0, 0.05) is 6.54 Å². The molecule has 0 aliphatic carbocycles. The standard InChI is InChI=1S/C12H16FNO.C5H10O2/c13-11-5-3-10(4-6-11)12(15)7-1-2-8-14-9-12;1-5(2,3)7-4-6/h3-6,14-15H,1-2,7-9H2;4H,1-3H3. The third-order valence-electron chi connectivity index (χ3n) is 3.39. The third kappa shape index (κ3) is 6.54. The van der Waals surface area contributed by atoms with Crippen LogP contribution in [0, 0.1) is 5.82 Å². The number of hydrogen-bond acceptors (Lipinski definition) is 4. The summed E-state index contributed by atoms with van der Waals surface area (Å²) >= 11 is 0. The van der Waals surface area contributed by atoms with Crippen LogP contribution >= 0.6 is 0 Å². The highest BCUT2D eigenvalue weighted by Gasteiger charge is 2.29. The lowest BCUT2D eigenvalue weighted by Gasteiger charge is -2.27. The summed E-state index contributed by atoms with van der Waals surface area (Å²) in [4.78, 5) is 9.60. The first-order valence-electron chi connectivity index (χ1n) is 7.57. The molecule has 1 aromatic carbocycles. The van der Waals surface area contributed by atoms with Crippen LogP contribution in [0.5, 0.6) is 0 Å². The highest BCUT2D eigenvalue weighted by Crippen LogP contribution is 2.28. The maximum Gasteiger partial charge on any atom is 0.293 e. The maximum absolute atomic E-state index is 12.8. The van der Waals surface area contributed by atoms with Crippen molar-refractivity contribution in [3.8, 4) is 0 Å². The van der Waals surface area contributed by atoms with Crippen molar-refractivity contribution < 1.29 is 19.0 Å². The summed E-state index contributed by atoms with van der Waals surface area (Å²) < 4.78 is 17.3. The molecule has 0 amide bonds. The Bertz CT molecular complexity index is 446. The first-order valence-corrected chi connectivity index (χ1v) is 7.57. The molecule has 1 fully saturated rings. The number of hydrogen-bond donors (Lipinski definition) is 2. The monoisotopic (exact) mass is 311 g/mol. The molecule has 1 aliphatic rings. The summed E-state index contributed by atoms with van der Waals surface area (Å²) in [5.74, 6) is -0.260. The van der Waals surface area contributed by atoms with Crippen molar-refractivity contribution in [3.63, 3.8) is 0 Å². The van der Waals surface area contributed by atoms with Crippen LogP contribution in [0.25, 0.3) is 0 Å². The van der Waals surface area contributed by atoms with Crippen molar-refractivity contribution in [1.82, 2.24) is 5.32 Å².